The third-order valence-corrected chi connectivity index (χ3v) is 1.94. The van der Waals surface area contributed by atoms with Crippen LogP contribution >= 0.6 is 12.8 Å². The molecule has 6 heteroatoms. The molecule has 1 rings (SSSR count). The standard InChI is InChI=1S/C5H13N5S/c1-5(8(2)3)10-7-6-4-9(10)11/h4-5,7,11H,1-3H3. The fourth-order valence-corrected chi connectivity index (χ4v) is 0.953. The molecule has 1 aliphatic rings. The summed E-state index contributed by atoms with van der Waals surface area (Å²) in [6, 6.07) is 0. The fourth-order valence-electron chi connectivity index (χ4n) is 0.712. The minimum Gasteiger partial charge on any atom is -0.291 e. The molecule has 0 spiro atoms. The summed E-state index contributed by atoms with van der Waals surface area (Å²) in [5.74, 6) is 0. The zero-order valence-corrected chi connectivity index (χ0v) is 7.79. The van der Waals surface area contributed by atoms with Crippen molar-refractivity contribution in [1.82, 2.24) is 20.0 Å². The molecule has 0 saturated heterocycles. The van der Waals surface area contributed by atoms with Gasteiger partial charge in [0, 0.05) is 0 Å². The minimum absolute atomic E-state index is 0.218. The van der Waals surface area contributed by atoms with E-state index in [2.05, 4.69) is 23.5 Å². The van der Waals surface area contributed by atoms with E-state index in [-0.39, 0.29) is 6.17 Å². The van der Waals surface area contributed by atoms with Gasteiger partial charge in [0.05, 0.1) is 0 Å². The predicted octanol–water partition coefficient (Wildman–Crippen LogP) is -0.281. The Morgan fingerprint density at radius 3 is 2.64 bits per heavy atom. The van der Waals surface area contributed by atoms with E-state index in [9.17, 15) is 0 Å². The van der Waals surface area contributed by atoms with E-state index in [4.69, 9.17) is 0 Å². The van der Waals surface area contributed by atoms with Gasteiger partial charge in [-0.25, -0.2) is 9.95 Å². The highest BCUT2D eigenvalue weighted by Crippen LogP contribution is 2.07. The molecule has 1 N–H and O–H groups in total. The maximum absolute atomic E-state index is 4.14. The first-order valence-corrected chi connectivity index (χ1v) is 3.75. The van der Waals surface area contributed by atoms with Crippen molar-refractivity contribution in [3.05, 3.63) is 0 Å². The molecule has 1 heterocycles. The molecule has 0 fully saturated rings. The van der Waals surface area contributed by atoms with Gasteiger partial charge >= 0.3 is 0 Å². The highest BCUT2D eigenvalue weighted by molar-refractivity contribution is 7.78. The number of nitrogens with zero attached hydrogens (tertiary/aromatic N) is 4. The van der Waals surface area contributed by atoms with Crippen LogP contribution < -0.4 is 5.53 Å². The van der Waals surface area contributed by atoms with Gasteiger partial charge in [-0.1, -0.05) is 5.12 Å². The van der Waals surface area contributed by atoms with Gasteiger partial charge < -0.3 is 0 Å². The zero-order chi connectivity index (χ0) is 8.43. The van der Waals surface area contributed by atoms with Crippen molar-refractivity contribution in [2.24, 2.45) is 5.10 Å². The number of nitrogens with one attached hydrogen (secondary N) is 1. The van der Waals surface area contributed by atoms with Crippen molar-refractivity contribution in [2.45, 2.75) is 13.1 Å². The normalized spacial score (nSPS) is 21.0. The largest absolute Gasteiger partial charge is 0.291 e. The van der Waals surface area contributed by atoms with Crippen LogP contribution in [-0.4, -0.2) is 41.0 Å². The van der Waals surface area contributed by atoms with E-state index >= 15 is 0 Å². The summed E-state index contributed by atoms with van der Waals surface area (Å²) in [7, 11) is 3.98. The van der Waals surface area contributed by atoms with E-state index in [1.807, 2.05) is 25.9 Å². The number of hydrazine groups is 2. The van der Waals surface area contributed by atoms with Gasteiger partial charge in [0.25, 0.3) is 0 Å². The van der Waals surface area contributed by atoms with Gasteiger partial charge in [0.2, 0.25) is 0 Å². The molecule has 1 atom stereocenters. The third-order valence-electron chi connectivity index (χ3n) is 1.64. The molecule has 0 aromatic heterocycles. The van der Waals surface area contributed by atoms with Gasteiger partial charge in [-0.3, -0.25) is 4.90 Å². The first-order valence-electron chi connectivity index (χ1n) is 3.35. The Balaban J connectivity index is 2.48. The first kappa shape index (κ1) is 8.63. The summed E-state index contributed by atoms with van der Waals surface area (Å²) in [6.45, 7) is 2.05. The van der Waals surface area contributed by atoms with Crippen molar-refractivity contribution < 1.29 is 0 Å². The maximum Gasteiger partial charge on any atom is 0.140 e. The lowest BCUT2D eigenvalue weighted by molar-refractivity contribution is -0.0186. The van der Waals surface area contributed by atoms with E-state index in [0.29, 0.717) is 0 Å². The highest BCUT2D eigenvalue weighted by atomic mass is 32.1. The van der Waals surface area contributed by atoms with Crippen LogP contribution in [0.3, 0.4) is 0 Å². The Bertz CT molecular complexity index is 159. The number of thiol groups is 1. The van der Waals surface area contributed by atoms with Gasteiger partial charge in [0.1, 0.15) is 12.5 Å². The summed E-state index contributed by atoms with van der Waals surface area (Å²) in [4.78, 5) is 2.05. The summed E-state index contributed by atoms with van der Waals surface area (Å²) in [5, 5.41) is 5.62. The molecule has 0 bridgehead atoms. The Kier molecular flexibility index (Phi) is 2.58. The maximum atomic E-state index is 4.14. The average Bonchev–Trinajstić information content (AvgIpc) is 2.33. The Morgan fingerprint density at radius 1 is 1.64 bits per heavy atom. The van der Waals surface area contributed by atoms with Crippen LogP contribution in [0.25, 0.3) is 0 Å². The molecule has 11 heavy (non-hydrogen) atoms. The summed E-state index contributed by atoms with van der Waals surface area (Å²) in [6.07, 6.45) is 1.82. The zero-order valence-electron chi connectivity index (χ0n) is 6.89. The lowest BCUT2D eigenvalue weighted by Gasteiger charge is -2.31. The first-order chi connectivity index (χ1) is 5.13. The summed E-state index contributed by atoms with van der Waals surface area (Å²) >= 11 is 4.14. The van der Waals surface area contributed by atoms with Gasteiger partial charge in [-0.2, -0.15) is 5.10 Å². The number of hydrogen-bond acceptors (Lipinski definition) is 6. The van der Waals surface area contributed by atoms with Gasteiger partial charge in [-0.05, 0) is 33.8 Å². The van der Waals surface area contributed by atoms with Gasteiger partial charge in [-0.15, -0.1) is 0 Å². The lowest BCUT2D eigenvalue weighted by Crippen LogP contribution is -2.50. The van der Waals surface area contributed by atoms with Crippen LogP contribution in [0.4, 0.5) is 0 Å². The molecule has 0 aromatic rings. The molecule has 64 valence electrons. The molecule has 0 aliphatic carbocycles. The minimum atomic E-state index is 0.218. The Hall–Kier alpha value is -0.460. The second-order valence-electron chi connectivity index (χ2n) is 2.61. The van der Waals surface area contributed by atoms with Crippen molar-refractivity contribution in [2.75, 3.05) is 14.1 Å². The van der Waals surface area contributed by atoms with Crippen LogP contribution in [0.5, 0.6) is 0 Å². The van der Waals surface area contributed by atoms with Gasteiger partial charge in [0.15, 0.2) is 0 Å². The van der Waals surface area contributed by atoms with E-state index in [1.165, 1.54) is 0 Å². The molecular weight excluding hydrogens is 162 g/mol. The smallest absolute Gasteiger partial charge is 0.140 e. The van der Waals surface area contributed by atoms with Crippen LogP contribution in [-0.2, 0) is 0 Å². The fraction of sp³-hybridized carbons (Fsp3) is 0.800. The third kappa shape index (κ3) is 1.76. The number of hydrogen-bond donors (Lipinski definition) is 2. The molecule has 0 saturated carbocycles. The lowest BCUT2D eigenvalue weighted by atomic mass is 10.5. The van der Waals surface area contributed by atoms with Crippen LogP contribution in [0, 0.1) is 0 Å². The summed E-state index contributed by atoms with van der Waals surface area (Å²) < 4.78 is 1.60. The quantitative estimate of drug-likeness (QED) is 0.566. The van der Waals surface area contributed by atoms with Crippen LogP contribution in [0.2, 0.25) is 0 Å². The second-order valence-corrected chi connectivity index (χ2v) is 3.01. The Labute approximate surface area is 72.1 Å². The predicted molar refractivity (Wildman–Crippen MR) is 47.4 cm³/mol. The Morgan fingerprint density at radius 2 is 2.27 bits per heavy atom. The van der Waals surface area contributed by atoms with E-state index in [1.54, 1.807) is 15.9 Å². The van der Waals surface area contributed by atoms with Crippen molar-refractivity contribution in [1.29, 1.82) is 0 Å². The van der Waals surface area contributed by atoms with E-state index in [0.717, 1.165) is 0 Å². The molecule has 0 aromatic carbocycles. The second kappa shape index (κ2) is 3.29. The number of hydrazone groups is 1. The average molecular weight is 175 g/mol. The summed E-state index contributed by atoms with van der Waals surface area (Å²) in [5.41, 5.74) is 2.80. The molecular formula is C5H13N5S. The van der Waals surface area contributed by atoms with Crippen LogP contribution in [0.15, 0.2) is 5.10 Å². The monoisotopic (exact) mass is 175 g/mol. The topological polar surface area (TPSA) is 34.1 Å². The highest BCUT2D eigenvalue weighted by Gasteiger charge is 2.21. The van der Waals surface area contributed by atoms with Crippen molar-refractivity contribution in [3.8, 4) is 0 Å². The van der Waals surface area contributed by atoms with E-state index < -0.39 is 0 Å². The van der Waals surface area contributed by atoms with Crippen LogP contribution in [0.1, 0.15) is 6.92 Å². The molecule has 0 amide bonds. The molecule has 0 radical (unpaired) electrons. The molecule has 5 nitrogen and oxygen atoms in total. The molecule has 1 aliphatic heterocycles. The SMILES string of the molecule is CC(N(C)C)N1NN=CN1S. The van der Waals surface area contributed by atoms with Crippen molar-refractivity contribution >= 4 is 19.2 Å². The number of rotatable bonds is 2. The molecule has 1 unspecified atom stereocenters. The van der Waals surface area contributed by atoms with Crippen molar-refractivity contribution in [3.63, 3.8) is 0 Å².